The number of halogens is 1. The Morgan fingerprint density at radius 3 is 2.84 bits per heavy atom. The molecule has 3 rings (SSSR count). The van der Waals surface area contributed by atoms with Gasteiger partial charge in [-0.25, -0.2) is 0 Å². The first kappa shape index (κ1) is 12.2. The van der Waals surface area contributed by atoms with Gasteiger partial charge in [0.15, 0.2) is 5.58 Å². The molecule has 0 aliphatic rings. The number of nitrogens with zero attached hydrogens (tertiary/aromatic N) is 1. The molecule has 0 fully saturated rings. The van der Waals surface area contributed by atoms with Crippen LogP contribution in [-0.4, -0.2) is 4.98 Å². The van der Waals surface area contributed by atoms with E-state index in [-0.39, 0.29) is 6.04 Å². The summed E-state index contributed by atoms with van der Waals surface area (Å²) < 4.78 is 5.77. The molecule has 1 aromatic carbocycles. The summed E-state index contributed by atoms with van der Waals surface area (Å²) in [5.74, 6) is 0.671. The molecule has 0 radical (unpaired) electrons. The Balaban J connectivity index is 2.10. The quantitative estimate of drug-likeness (QED) is 0.771. The molecule has 0 saturated heterocycles. The molecular formula is C15H13ClN2O. The molecule has 2 aromatic heterocycles. The van der Waals surface area contributed by atoms with E-state index >= 15 is 0 Å². The molecule has 4 heteroatoms. The van der Waals surface area contributed by atoms with Crippen molar-refractivity contribution in [2.24, 2.45) is 5.73 Å². The summed E-state index contributed by atoms with van der Waals surface area (Å²) in [7, 11) is 0. The van der Waals surface area contributed by atoms with Crippen molar-refractivity contribution in [3.63, 3.8) is 0 Å². The number of fused-ring (bicyclic) bond motifs is 1. The molecule has 2 heterocycles. The Kier molecular flexibility index (Phi) is 3.01. The highest BCUT2D eigenvalue weighted by molar-refractivity contribution is 6.34. The van der Waals surface area contributed by atoms with Crippen molar-refractivity contribution >= 4 is 22.6 Å². The summed E-state index contributed by atoms with van der Waals surface area (Å²) in [4.78, 5) is 4.33. The van der Waals surface area contributed by atoms with E-state index < -0.39 is 0 Å². The molecule has 0 amide bonds. The van der Waals surface area contributed by atoms with E-state index in [1.165, 1.54) is 0 Å². The normalized spacial score (nSPS) is 12.8. The van der Waals surface area contributed by atoms with E-state index in [1.54, 1.807) is 12.3 Å². The first-order valence-corrected chi connectivity index (χ1v) is 6.39. The van der Waals surface area contributed by atoms with Gasteiger partial charge in [-0.2, -0.15) is 0 Å². The minimum atomic E-state index is -0.385. The lowest BCUT2D eigenvalue weighted by Crippen LogP contribution is -2.14. The molecule has 0 spiro atoms. The number of aromatic nitrogens is 1. The average molecular weight is 273 g/mol. The van der Waals surface area contributed by atoms with Crippen molar-refractivity contribution < 1.29 is 4.42 Å². The molecule has 3 aromatic rings. The van der Waals surface area contributed by atoms with Gasteiger partial charge in [0.05, 0.1) is 10.7 Å². The lowest BCUT2D eigenvalue weighted by molar-refractivity contribution is 0.520. The van der Waals surface area contributed by atoms with E-state index in [4.69, 9.17) is 21.8 Å². The van der Waals surface area contributed by atoms with Crippen LogP contribution >= 0.6 is 11.6 Å². The summed E-state index contributed by atoms with van der Waals surface area (Å²) >= 11 is 6.10. The zero-order valence-electron chi connectivity index (χ0n) is 10.4. The van der Waals surface area contributed by atoms with Crippen LogP contribution < -0.4 is 5.73 Å². The Morgan fingerprint density at radius 2 is 2.11 bits per heavy atom. The van der Waals surface area contributed by atoms with Crippen LogP contribution in [0.25, 0.3) is 11.0 Å². The van der Waals surface area contributed by atoms with Crippen LogP contribution in [0.5, 0.6) is 0 Å². The van der Waals surface area contributed by atoms with Crippen LogP contribution in [0.3, 0.4) is 0 Å². The molecule has 0 aliphatic carbocycles. The molecule has 2 N–H and O–H groups in total. The van der Waals surface area contributed by atoms with Gasteiger partial charge in [-0.05, 0) is 30.7 Å². The lowest BCUT2D eigenvalue weighted by Gasteiger charge is -2.10. The first-order chi connectivity index (χ1) is 9.16. The largest absolute Gasteiger partial charge is 0.457 e. The van der Waals surface area contributed by atoms with Crippen molar-refractivity contribution in [3.05, 3.63) is 64.6 Å². The fourth-order valence-corrected chi connectivity index (χ4v) is 2.38. The molecule has 0 bridgehead atoms. The second-order valence-corrected chi connectivity index (χ2v) is 4.90. The molecular weight excluding hydrogens is 260 g/mol. The van der Waals surface area contributed by atoms with E-state index in [2.05, 4.69) is 4.98 Å². The summed E-state index contributed by atoms with van der Waals surface area (Å²) in [6, 6.07) is 11.0. The second-order valence-electron chi connectivity index (χ2n) is 4.49. The van der Waals surface area contributed by atoms with Gasteiger partial charge in [0.25, 0.3) is 0 Å². The number of para-hydroxylation sites is 1. The monoisotopic (exact) mass is 272 g/mol. The summed E-state index contributed by atoms with van der Waals surface area (Å²) in [5, 5.41) is 1.54. The van der Waals surface area contributed by atoms with Gasteiger partial charge in [0, 0.05) is 11.6 Å². The van der Waals surface area contributed by atoms with Gasteiger partial charge in [-0.3, -0.25) is 4.98 Å². The van der Waals surface area contributed by atoms with E-state index in [0.717, 1.165) is 16.6 Å². The third kappa shape index (κ3) is 2.11. The number of aryl methyl sites for hydroxylation is 1. The minimum absolute atomic E-state index is 0.385. The van der Waals surface area contributed by atoms with Gasteiger partial charge in [0.1, 0.15) is 11.8 Å². The number of nitrogens with two attached hydrogens (primary N) is 1. The highest BCUT2D eigenvalue weighted by Gasteiger charge is 2.17. The highest BCUT2D eigenvalue weighted by Crippen LogP contribution is 2.31. The maximum atomic E-state index is 6.23. The van der Waals surface area contributed by atoms with Crippen molar-refractivity contribution in [3.8, 4) is 0 Å². The fourth-order valence-electron chi connectivity index (χ4n) is 2.16. The van der Waals surface area contributed by atoms with E-state index in [0.29, 0.717) is 16.4 Å². The molecule has 19 heavy (non-hydrogen) atoms. The Labute approximate surface area is 116 Å². The van der Waals surface area contributed by atoms with Gasteiger partial charge in [-0.1, -0.05) is 29.8 Å². The van der Waals surface area contributed by atoms with Crippen LogP contribution in [0.2, 0.25) is 5.02 Å². The Bertz CT molecular complexity index is 736. The number of furan rings is 1. The summed E-state index contributed by atoms with van der Waals surface area (Å²) in [6.45, 7) is 1.98. The van der Waals surface area contributed by atoms with Gasteiger partial charge < -0.3 is 10.2 Å². The Morgan fingerprint density at radius 1 is 1.26 bits per heavy atom. The van der Waals surface area contributed by atoms with Crippen LogP contribution in [-0.2, 0) is 0 Å². The van der Waals surface area contributed by atoms with Gasteiger partial charge in [-0.15, -0.1) is 0 Å². The molecule has 96 valence electrons. The first-order valence-electron chi connectivity index (χ1n) is 6.02. The van der Waals surface area contributed by atoms with E-state index in [1.807, 2.05) is 37.3 Å². The summed E-state index contributed by atoms with van der Waals surface area (Å²) in [6.07, 6.45) is 1.73. The highest BCUT2D eigenvalue weighted by atomic mass is 35.5. The average Bonchev–Trinajstić information content (AvgIpc) is 2.84. The van der Waals surface area contributed by atoms with E-state index in [9.17, 15) is 0 Å². The topological polar surface area (TPSA) is 52.0 Å². The van der Waals surface area contributed by atoms with Gasteiger partial charge in [0.2, 0.25) is 0 Å². The van der Waals surface area contributed by atoms with Crippen molar-refractivity contribution in [1.82, 2.24) is 4.98 Å². The Hall–Kier alpha value is -1.84. The van der Waals surface area contributed by atoms with Crippen LogP contribution in [0.15, 0.2) is 47.0 Å². The molecule has 1 atom stereocenters. The number of benzene rings is 1. The van der Waals surface area contributed by atoms with Crippen molar-refractivity contribution in [1.29, 1.82) is 0 Å². The number of pyridine rings is 1. The van der Waals surface area contributed by atoms with Crippen LogP contribution in [0.4, 0.5) is 0 Å². The lowest BCUT2D eigenvalue weighted by atomic mass is 10.1. The standard InChI is InChI=1S/C15H13ClN2O/c1-9-4-3-7-18-14(9)13(17)12-8-10-5-2-6-11(16)15(10)19-12/h2-8,13H,17H2,1H3. The van der Waals surface area contributed by atoms with Crippen molar-refractivity contribution in [2.45, 2.75) is 13.0 Å². The predicted octanol–water partition coefficient (Wildman–Crippen LogP) is 3.84. The van der Waals surface area contributed by atoms with Crippen LogP contribution in [0, 0.1) is 6.92 Å². The smallest absolute Gasteiger partial charge is 0.152 e. The SMILES string of the molecule is Cc1cccnc1C(N)c1cc2cccc(Cl)c2o1. The minimum Gasteiger partial charge on any atom is -0.457 e. The fraction of sp³-hybridized carbons (Fsp3) is 0.133. The van der Waals surface area contributed by atoms with Crippen LogP contribution in [0.1, 0.15) is 23.1 Å². The third-order valence-corrected chi connectivity index (χ3v) is 3.46. The number of rotatable bonds is 2. The number of hydrogen-bond acceptors (Lipinski definition) is 3. The molecule has 1 unspecified atom stereocenters. The molecule has 0 aliphatic heterocycles. The zero-order chi connectivity index (χ0) is 13.4. The van der Waals surface area contributed by atoms with Gasteiger partial charge >= 0.3 is 0 Å². The maximum absolute atomic E-state index is 6.23. The molecule has 3 nitrogen and oxygen atoms in total. The second kappa shape index (κ2) is 4.68. The summed E-state index contributed by atoms with van der Waals surface area (Å²) in [5.41, 5.74) is 8.76. The number of hydrogen-bond donors (Lipinski definition) is 1. The zero-order valence-corrected chi connectivity index (χ0v) is 11.2. The maximum Gasteiger partial charge on any atom is 0.152 e. The molecule has 0 saturated carbocycles. The predicted molar refractivity (Wildman–Crippen MR) is 76.2 cm³/mol. The third-order valence-electron chi connectivity index (χ3n) is 3.17. The van der Waals surface area contributed by atoms with Crippen molar-refractivity contribution in [2.75, 3.05) is 0 Å².